The number of hydrogen-bond donors (Lipinski definition) is 3. The fraction of sp³-hybridized carbons (Fsp3) is 0.292. The molecule has 1 aromatic heterocycles. The smallest absolute Gasteiger partial charge is 0.251 e. The summed E-state index contributed by atoms with van der Waals surface area (Å²) in [5.41, 5.74) is 2.99. The molecule has 0 saturated heterocycles. The fourth-order valence-corrected chi connectivity index (χ4v) is 3.81. The van der Waals surface area contributed by atoms with Gasteiger partial charge < -0.3 is 20.5 Å². The van der Waals surface area contributed by atoms with Crippen LogP contribution < -0.4 is 15.4 Å². The van der Waals surface area contributed by atoms with E-state index in [0.717, 1.165) is 48.4 Å². The van der Waals surface area contributed by atoms with Gasteiger partial charge in [0.05, 0.1) is 24.9 Å². The summed E-state index contributed by atoms with van der Waals surface area (Å²) in [7, 11) is 1.63. The number of aliphatic hydroxyl groups is 1. The van der Waals surface area contributed by atoms with Gasteiger partial charge in [-0.25, -0.2) is 9.97 Å². The van der Waals surface area contributed by atoms with Gasteiger partial charge in [0.25, 0.3) is 5.91 Å². The number of aromatic nitrogens is 2. The Labute approximate surface area is 181 Å². The molecule has 1 aliphatic carbocycles. The molecule has 31 heavy (non-hydrogen) atoms. The number of nitrogens with zero attached hydrogens (tertiary/aromatic N) is 2. The summed E-state index contributed by atoms with van der Waals surface area (Å²) in [4.78, 5) is 21.2. The highest BCUT2D eigenvalue weighted by Gasteiger charge is 2.24. The molecule has 2 atom stereocenters. The molecule has 3 aromatic rings. The second kappa shape index (κ2) is 9.57. The first kappa shape index (κ1) is 20.8. The predicted octanol–water partition coefficient (Wildman–Crippen LogP) is 3.93. The number of amides is 1. The van der Waals surface area contributed by atoms with Gasteiger partial charge in [-0.1, -0.05) is 25.0 Å². The summed E-state index contributed by atoms with van der Waals surface area (Å²) in [6.07, 6.45) is 4.63. The maximum absolute atomic E-state index is 12.5. The molecule has 1 saturated carbocycles. The summed E-state index contributed by atoms with van der Waals surface area (Å²) < 4.78 is 5.42. The van der Waals surface area contributed by atoms with Crippen molar-refractivity contribution in [3.63, 3.8) is 0 Å². The standard InChI is InChI=1S/C24H26N4O3/c1-31-22-9-5-2-6-18(22)20-14-23(26-15-25-20)27-17-12-10-16(11-13-17)24(30)28-19-7-3-4-8-21(19)29/h2,5-6,9-15,19,21,29H,3-4,7-8H2,1H3,(H,28,30)(H,25,26,27)/t19-,21-/m0/s1. The first-order valence-corrected chi connectivity index (χ1v) is 10.5. The highest BCUT2D eigenvalue weighted by atomic mass is 16.5. The maximum Gasteiger partial charge on any atom is 0.251 e. The Kier molecular flexibility index (Phi) is 6.43. The number of methoxy groups -OCH3 is 1. The number of carbonyl (C=O) groups excluding carboxylic acids is 1. The Morgan fingerprint density at radius 3 is 2.61 bits per heavy atom. The topological polar surface area (TPSA) is 96.4 Å². The minimum absolute atomic E-state index is 0.169. The Hall–Kier alpha value is -3.45. The van der Waals surface area contributed by atoms with Crippen LogP contribution in [0, 0.1) is 0 Å². The highest BCUT2D eigenvalue weighted by molar-refractivity contribution is 5.94. The van der Waals surface area contributed by atoms with E-state index in [0.29, 0.717) is 11.4 Å². The van der Waals surface area contributed by atoms with Crippen LogP contribution in [0.15, 0.2) is 60.9 Å². The quantitative estimate of drug-likeness (QED) is 0.561. The van der Waals surface area contributed by atoms with Crippen LogP contribution in [-0.2, 0) is 0 Å². The van der Waals surface area contributed by atoms with Crippen molar-refractivity contribution in [3.05, 3.63) is 66.5 Å². The normalized spacial score (nSPS) is 18.3. The van der Waals surface area contributed by atoms with Crippen LogP contribution >= 0.6 is 0 Å². The number of benzene rings is 2. The lowest BCUT2D eigenvalue weighted by Crippen LogP contribution is -2.45. The van der Waals surface area contributed by atoms with Gasteiger partial charge >= 0.3 is 0 Å². The molecular weight excluding hydrogens is 392 g/mol. The third kappa shape index (κ3) is 5.00. The van der Waals surface area contributed by atoms with E-state index in [1.54, 1.807) is 19.2 Å². The van der Waals surface area contributed by atoms with Gasteiger partial charge in [-0.05, 0) is 49.2 Å². The molecule has 0 unspecified atom stereocenters. The Balaban J connectivity index is 1.44. The van der Waals surface area contributed by atoms with E-state index in [1.165, 1.54) is 6.33 Å². The van der Waals surface area contributed by atoms with Crippen molar-refractivity contribution in [1.82, 2.24) is 15.3 Å². The number of nitrogens with one attached hydrogen (secondary N) is 2. The van der Waals surface area contributed by atoms with Crippen LogP contribution in [-0.4, -0.2) is 40.2 Å². The van der Waals surface area contributed by atoms with Crippen molar-refractivity contribution in [2.45, 2.75) is 37.8 Å². The SMILES string of the molecule is COc1ccccc1-c1cc(Nc2ccc(C(=O)N[C@H]3CCCC[C@@H]3O)cc2)ncn1. The third-order valence-corrected chi connectivity index (χ3v) is 5.52. The highest BCUT2D eigenvalue weighted by Crippen LogP contribution is 2.29. The number of carbonyl (C=O) groups is 1. The van der Waals surface area contributed by atoms with Crippen molar-refractivity contribution in [3.8, 4) is 17.0 Å². The summed E-state index contributed by atoms with van der Waals surface area (Å²) in [6.45, 7) is 0. The van der Waals surface area contributed by atoms with E-state index in [2.05, 4.69) is 20.6 Å². The van der Waals surface area contributed by atoms with E-state index in [-0.39, 0.29) is 11.9 Å². The molecule has 1 amide bonds. The number of aliphatic hydroxyl groups excluding tert-OH is 1. The summed E-state index contributed by atoms with van der Waals surface area (Å²) >= 11 is 0. The molecule has 2 aromatic carbocycles. The molecule has 1 aliphatic rings. The van der Waals surface area contributed by atoms with Gasteiger partial charge in [0.2, 0.25) is 0 Å². The zero-order valence-corrected chi connectivity index (χ0v) is 17.4. The minimum atomic E-state index is -0.464. The monoisotopic (exact) mass is 418 g/mol. The predicted molar refractivity (Wildman–Crippen MR) is 119 cm³/mol. The summed E-state index contributed by atoms with van der Waals surface area (Å²) in [5.74, 6) is 1.21. The number of rotatable bonds is 6. The molecule has 0 spiro atoms. The molecular formula is C24H26N4O3. The average molecular weight is 418 g/mol. The second-order valence-electron chi connectivity index (χ2n) is 7.62. The molecule has 0 bridgehead atoms. The van der Waals surface area contributed by atoms with E-state index in [4.69, 9.17) is 4.74 Å². The van der Waals surface area contributed by atoms with Gasteiger partial charge in [0.15, 0.2) is 0 Å². The number of anilines is 2. The van der Waals surface area contributed by atoms with Crippen LogP contribution in [0.1, 0.15) is 36.0 Å². The van der Waals surface area contributed by atoms with E-state index in [9.17, 15) is 9.90 Å². The molecule has 160 valence electrons. The van der Waals surface area contributed by atoms with Gasteiger partial charge in [-0.2, -0.15) is 0 Å². The summed E-state index contributed by atoms with van der Waals surface area (Å²) in [6, 6.07) is 16.5. The van der Waals surface area contributed by atoms with Crippen molar-refractivity contribution >= 4 is 17.4 Å². The van der Waals surface area contributed by atoms with Crippen LogP contribution in [0.2, 0.25) is 0 Å². The lowest BCUT2D eigenvalue weighted by atomic mass is 9.92. The van der Waals surface area contributed by atoms with Crippen LogP contribution in [0.5, 0.6) is 5.75 Å². The Morgan fingerprint density at radius 2 is 1.84 bits per heavy atom. The fourth-order valence-electron chi connectivity index (χ4n) is 3.81. The van der Waals surface area contributed by atoms with Crippen molar-refractivity contribution < 1.29 is 14.6 Å². The van der Waals surface area contributed by atoms with Crippen LogP contribution in [0.3, 0.4) is 0 Å². The van der Waals surface area contributed by atoms with E-state index >= 15 is 0 Å². The minimum Gasteiger partial charge on any atom is -0.496 e. The van der Waals surface area contributed by atoms with Crippen molar-refractivity contribution in [1.29, 1.82) is 0 Å². The number of hydrogen-bond acceptors (Lipinski definition) is 6. The molecule has 0 radical (unpaired) electrons. The van der Waals surface area contributed by atoms with E-state index in [1.807, 2.05) is 42.5 Å². The molecule has 0 aliphatic heterocycles. The first-order valence-electron chi connectivity index (χ1n) is 10.5. The number of para-hydroxylation sites is 1. The first-order chi connectivity index (χ1) is 15.1. The number of ether oxygens (including phenoxy) is 1. The van der Waals surface area contributed by atoms with Crippen LogP contribution in [0.4, 0.5) is 11.5 Å². The third-order valence-electron chi connectivity index (χ3n) is 5.52. The Bertz CT molecular complexity index is 1040. The van der Waals surface area contributed by atoms with Crippen LogP contribution in [0.25, 0.3) is 11.3 Å². The molecule has 1 fully saturated rings. The van der Waals surface area contributed by atoms with Gasteiger partial charge in [0, 0.05) is 22.9 Å². The maximum atomic E-state index is 12.5. The lowest BCUT2D eigenvalue weighted by Gasteiger charge is -2.28. The van der Waals surface area contributed by atoms with Crippen molar-refractivity contribution in [2.24, 2.45) is 0 Å². The second-order valence-corrected chi connectivity index (χ2v) is 7.62. The van der Waals surface area contributed by atoms with Gasteiger partial charge in [-0.15, -0.1) is 0 Å². The zero-order chi connectivity index (χ0) is 21.6. The molecule has 7 nitrogen and oxygen atoms in total. The zero-order valence-electron chi connectivity index (χ0n) is 17.4. The average Bonchev–Trinajstić information content (AvgIpc) is 2.81. The Morgan fingerprint density at radius 1 is 1.06 bits per heavy atom. The van der Waals surface area contributed by atoms with Crippen molar-refractivity contribution in [2.75, 3.05) is 12.4 Å². The summed E-state index contributed by atoms with van der Waals surface area (Å²) in [5, 5.41) is 16.3. The molecule has 1 heterocycles. The molecule has 3 N–H and O–H groups in total. The van der Waals surface area contributed by atoms with Gasteiger partial charge in [-0.3, -0.25) is 4.79 Å². The molecule has 4 rings (SSSR count). The largest absolute Gasteiger partial charge is 0.496 e. The molecule has 7 heteroatoms. The van der Waals surface area contributed by atoms with E-state index < -0.39 is 6.10 Å². The van der Waals surface area contributed by atoms with Gasteiger partial charge in [0.1, 0.15) is 17.9 Å². The lowest BCUT2D eigenvalue weighted by molar-refractivity contribution is 0.0717.